The van der Waals surface area contributed by atoms with Crippen LogP contribution >= 0.6 is 11.8 Å². The smallest absolute Gasteiger partial charge is 0.210 e. The van der Waals surface area contributed by atoms with Gasteiger partial charge in [-0.25, -0.2) is 4.68 Å². The summed E-state index contributed by atoms with van der Waals surface area (Å²) in [6.07, 6.45) is 3.43. The lowest BCUT2D eigenvalue weighted by Crippen LogP contribution is -2.12. The molecule has 1 aromatic heterocycles. The Kier molecular flexibility index (Phi) is 4.13. The van der Waals surface area contributed by atoms with Gasteiger partial charge in [-0.2, -0.15) is 0 Å². The Morgan fingerprint density at radius 3 is 3.04 bits per heavy atom. The van der Waals surface area contributed by atoms with E-state index in [2.05, 4.69) is 21.6 Å². The van der Waals surface area contributed by atoms with Crippen molar-refractivity contribution in [2.45, 2.75) is 42.1 Å². The third kappa shape index (κ3) is 2.90. The summed E-state index contributed by atoms with van der Waals surface area (Å²) in [6, 6.07) is 8.14. The van der Waals surface area contributed by atoms with Crippen molar-refractivity contribution < 1.29 is 9.53 Å². The van der Waals surface area contributed by atoms with E-state index in [0.717, 1.165) is 42.2 Å². The lowest BCUT2D eigenvalue weighted by molar-refractivity contribution is 0.0982. The number of aromatic nitrogens is 4. The summed E-state index contributed by atoms with van der Waals surface area (Å²) in [6.45, 7) is 1.42. The van der Waals surface area contributed by atoms with Gasteiger partial charge in [0, 0.05) is 23.8 Å². The number of tetrazole rings is 1. The fraction of sp³-hybridized carbons (Fsp3) is 0.500. The molecule has 0 N–H and O–H groups in total. The summed E-state index contributed by atoms with van der Waals surface area (Å²) >= 11 is 1.66. The second-order valence-electron chi connectivity index (χ2n) is 5.93. The van der Waals surface area contributed by atoms with Crippen molar-refractivity contribution in [3.63, 3.8) is 0 Å². The first-order valence-corrected chi connectivity index (χ1v) is 8.85. The summed E-state index contributed by atoms with van der Waals surface area (Å²) in [4.78, 5) is 12.3. The first kappa shape index (κ1) is 14.8. The minimum atomic E-state index is 0.213. The number of fused-ring (bicyclic) bond motifs is 1. The molecule has 2 aromatic rings. The molecule has 0 spiro atoms. The highest BCUT2D eigenvalue weighted by Gasteiger charge is 2.28. The van der Waals surface area contributed by atoms with Crippen LogP contribution in [-0.2, 0) is 4.74 Å². The van der Waals surface area contributed by atoms with Gasteiger partial charge in [-0.1, -0.05) is 36.0 Å². The highest BCUT2D eigenvalue weighted by Crippen LogP contribution is 2.42. The molecule has 0 bridgehead atoms. The Balaban J connectivity index is 1.63. The standard InChI is InChI=1S/C16H18N4O2S/c21-14-6-3-7-15(13-5-2-1-4-12(13)14)23-16-17-18-19-20(16)11-8-9-22-10-11/h1-2,4-5,11,15H,3,6-10H2. The topological polar surface area (TPSA) is 69.9 Å². The van der Waals surface area contributed by atoms with Crippen LogP contribution in [0.1, 0.15) is 52.9 Å². The van der Waals surface area contributed by atoms with Crippen molar-refractivity contribution in [3.8, 4) is 0 Å². The average molecular weight is 330 g/mol. The molecule has 1 fully saturated rings. The van der Waals surface area contributed by atoms with E-state index in [1.165, 1.54) is 0 Å². The van der Waals surface area contributed by atoms with E-state index in [0.29, 0.717) is 13.0 Å². The molecule has 6 nitrogen and oxygen atoms in total. The number of benzene rings is 1. The van der Waals surface area contributed by atoms with Gasteiger partial charge in [0.05, 0.1) is 12.6 Å². The SMILES string of the molecule is O=C1CCCC(Sc2nnnn2C2CCOC2)c2ccccc21. The predicted octanol–water partition coefficient (Wildman–Crippen LogP) is 2.83. The number of hydrogen-bond acceptors (Lipinski definition) is 6. The lowest BCUT2D eigenvalue weighted by atomic mass is 10.0. The molecular formula is C16H18N4O2S. The molecule has 0 radical (unpaired) electrons. The molecular weight excluding hydrogens is 312 g/mol. The predicted molar refractivity (Wildman–Crippen MR) is 85.5 cm³/mol. The third-order valence-corrected chi connectivity index (χ3v) is 5.69. The number of carbonyl (C=O) groups excluding carboxylic acids is 1. The van der Waals surface area contributed by atoms with E-state index in [1.54, 1.807) is 11.8 Å². The van der Waals surface area contributed by atoms with Crippen LogP contribution in [0.2, 0.25) is 0 Å². The van der Waals surface area contributed by atoms with Crippen LogP contribution in [0.25, 0.3) is 0 Å². The van der Waals surface area contributed by atoms with E-state index in [9.17, 15) is 4.79 Å². The summed E-state index contributed by atoms with van der Waals surface area (Å²) in [5.74, 6) is 0.243. The molecule has 0 saturated carbocycles. The zero-order valence-corrected chi connectivity index (χ0v) is 13.5. The van der Waals surface area contributed by atoms with Crippen LogP contribution in [0.15, 0.2) is 29.4 Å². The lowest BCUT2D eigenvalue weighted by Gasteiger charge is -2.17. The fourth-order valence-corrected chi connectivity index (χ4v) is 4.48. The molecule has 2 aliphatic rings. The Morgan fingerprint density at radius 2 is 2.17 bits per heavy atom. The maximum Gasteiger partial charge on any atom is 0.210 e. The summed E-state index contributed by atoms with van der Waals surface area (Å²) < 4.78 is 7.33. The van der Waals surface area contributed by atoms with E-state index >= 15 is 0 Å². The fourth-order valence-electron chi connectivity index (χ4n) is 3.23. The van der Waals surface area contributed by atoms with Crippen LogP contribution < -0.4 is 0 Å². The zero-order valence-electron chi connectivity index (χ0n) is 12.7. The second kappa shape index (κ2) is 6.41. The molecule has 1 aromatic carbocycles. The van der Waals surface area contributed by atoms with Crippen LogP contribution in [0.4, 0.5) is 0 Å². The molecule has 7 heteroatoms. The van der Waals surface area contributed by atoms with Gasteiger partial charge in [0.25, 0.3) is 0 Å². The van der Waals surface area contributed by atoms with E-state index in [1.807, 2.05) is 22.9 Å². The Hall–Kier alpha value is -1.73. The van der Waals surface area contributed by atoms with Crippen molar-refractivity contribution in [2.75, 3.05) is 13.2 Å². The van der Waals surface area contributed by atoms with Crippen LogP contribution in [-0.4, -0.2) is 39.2 Å². The number of rotatable bonds is 3. The quantitative estimate of drug-likeness (QED) is 0.806. The molecule has 1 saturated heterocycles. The van der Waals surface area contributed by atoms with Gasteiger partial charge in [-0.3, -0.25) is 4.79 Å². The van der Waals surface area contributed by atoms with Crippen molar-refractivity contribution in [2.24, 2.45) is 0 Å². The van der Waals surface area contributed by atoms with E-state index < -0.39 is 0 Å². The van der Waals surface area contributed by atoms with Crippen molar-refractivity contribution in [3.05, 3.63) is 35.4 Å². The van der Waals surface area contributed by atoms with Crippen molar-refractivity contribution >= 4 is 17.5 Å². The number of ketones is 1. The number of Topliss-reactive ketones (excluding diaryl/α,β-unsaturated/α-hetero) is 1. The molecule has 2 atom stereocenters. The molecule has 2 heterocycles. The normalized spacial score (nSPS) is 24.4. The molecule has 120 valence electrons. The van der Waals surface area contributed by atoms with Gasteiger partial charge in [-0.15, -0.1) is 5.10 Å². The minimum absolute atomic E-state index is 0.213. The number of thioether (sulfide) groups is 1. The third-order valence-electron chi connectivity index (χ3n) is 4.44. The number of nitrogens with zero attached hydrogens (tertiary/aromatic N) is 4. The highest BCUT2D eigenvalue weighted by molar-refractivity contribution is 7.99. The maximum absolute atomic E-state index is 12.3. The van der Waals surface area contributed by atoms with E-state index in [4.69, 9.17) is 4.74 Å². The van der Waals surface area contributed by atoms with E-state index in [-0.39, 0.29) is 17.1 Å². The minimum Gasteiger partial charge on any atom is -0.379 e. The Morgan fingerprint density at radius 1 is 1.26 bits per heavy atom. The molecule has 1 aliphatic heterocycles. The Labute approximate surface area is 138 Å². The second-order valence-corrected chi connectivity index (χ2v) is 7.10. The first-order chi connectivity index (χ1) is 11.3. The number of carbonyl (C=O) groups is 1. The average Bonchev–Trinajstić information content (AvgIpc) is 3.22. The molecule has 0 amide bonds. The van der Waals surface area contributed by atoms with Gasteiger partial charge >= 0.3 is 0 Å². The van der Waals surface area contributed by atoms with Gasteiger partial charge in [0.15, 0.2) is 5.78 Å². The van der Waals surface area contributed by atoms with Crippen molar-refractivity contribution in [1.29, 1.82) is 0 Å². The summed E-state index contributed by atoms with van der Waals surface area (Å²) in [7, 11) is 0. The first-order valence-electron chi connectivity index (χ1n) is 7.97. The van der Waals surface area contributed by atoms with Crippen LogP contribution in [0.3, 0.4) is 0 Å². The van der Waals surface area contributed by atoms with Gasteiger partial charge in [-0.05, 0) is 35.3 Å². The zero-order chi connectivity index (χ0) is 15.6. The molecule has 1 aliphatic carbocycles. The van der Waals surface area contributed by atoms with Crippen LogP contribution in [0.5, 0.6) is 0 Å². The molecule has 2 unspecified atom stereocenters. The number of ether oxygens (including phenoxy) is 1. The maximum atomic E-state index is 12.3. The summed E-state index contributed by atoms with van der Waals surface area (Å²) in [5, 5.41) is 13.2. The Bertz CT molecular complexity index is 712. The van der Waals surface area contributed by atoms with Gasteiger partial charge < -0.3 is 4.74 Å². The van der Waals surface area contributed by atoms with Crippen molar-refractivity contribution in [1.82, 2.24) is 20.2 Å². The van der Waals surface area contributed by atoms with Crippen LogP contribution in [0, 0.1) is 0 Å². The number of hydrogen-bond donors (Lipinski definition) is 0. The highest BCUT2D eigenvalue weighted by atomic mass is 32.2. The molecule has 4 rings (SSSR count). The van der Waals surface area contributed by atoms with Gasteiger partial charge in [0.1, 0.15) is 0 Å². The molecule has 23 heavy (non-hydrogen) atoms. The summed E-state index contributed by atoms with van der Waals surface area (Å²) in [5.41, 5.74) is 1.96. The monoisotopic (exact) mass is 330 g/mol. The largest absolute Gasteiger partial charge is 0.379 e. The van der Waals surface area contributed by atoms with Gasteiger partial charge in [0.2, 0.25) is 5.16 Å².